The maximum atomic E-state index is 13.4. The van der Waals surface area contributed by atoms with E-state index in [9.17, 15) is 9.18 Å². The summed E-state index contributed by atoms with van der Waals surface area (Å²) in [6.45, 7) is 0.177. The Hall–Kier alpha value is -3.02. The van der Waals surface area contributed by atoms with Crippen LogP contribution in [0.25, 0.3) is 6.08 Å². The fourth-order valence-corrected chi connectivity index (χ4v) is 1.96. The number of carbonyl (C=O) groups excluding carboxylic acids is 1. The first-order valence-electron chi connectivity index (χ1n) is 6.60. The summed E-state index contributed by atoms with van der Waals surface area (Å²) in [5.41, 5.74) is 0.965. The Kier molecular flexibility index (Phi) is 3.91. The van der Waals surface area contributed by atoms with Crippen molar-refractivity contribution in [3.05, 3.63) is 60.0 Å². The van der Waals surface area contributed by atoms with Gasteiger partial charge in [-0.3, -0.25) is 0 Å². The van der Waals surface area contributed by atoms with Crippen molar-refractivity contribution in [2.75, 3.05) is 12.1 Å². The molecule has 0 fully saturated rings. The first-order valence-corrected chi connectivity index (χ1v) is 6.60. The van der Waals surface area contributed by atoms with Crippen LogP contribution in [0, 0.1) is 5.82 Å². The summed E-state index contributed by atoms with van der Waals surface area (Å²) < 4.78 is 23.8. The summed E-state index contributed by atoms with van der Waals surface area (Å²) in [6.07, 6.45) is 2.86. The summed E-state index contributed by atoms with van der Waals surface area (Å²) in [7, 11) is 0. The summed E-state index contributed by atoms with van der Waals surface area (Å²) in [4.78, 5) is 11.7. The van der Waals surface area contributed by atoms with Gasteiger partial charge in [0.1, 0.15) is 5.82 Å². The lowest BCUT2D eigenvalue weighted by Gasteiger charge is -2.05. The molecule has 0 saturated heterocycles. The van der Waals surface area contributed by atoms with E-state index in [1.54, 1.807) is 36.4 Å². The van der Waals surface area contributed by atoms with Crippen LogP contribution in [-0.2, 0) is 0 Å². The number of ether oxygens (including phenoxy) is 2. The lowest BCUT2D eigenvalue weighted by Crippen LogP contribution is -2.23. The summed E-state index contributed by atoms with van der Waals surface area (Å²) in [6, 6.07) is 10.9. The smallest absolute Gasteiger partial charge is 0.323 e. The molecule has 0 atom stereocenters. The average molecular weight is 300 g/mol. The highest BCUT2D eigenvalue weighted by atomic mass is 19.1. The van der Waals surface area contributed by atoms with Gasteiger partial charge in [0, 0.05) is 23.5 Å². The van der Waals surface area contributed by atoms with Gasteiger partial charge in [-0.2, -0.15) is 0 Å². The Balaban J connectivity index is 1.58. The van der Waals surface area contributed by atoms with Crippen molar-refractivity contribution < 1.29 is 18.7 Å². The van der Waals surface area contributed by atoms with Crippen LogP contribution in [0.1, 0.15) is 5.56 Å². The Morgan fingerprint density at radius 3 is 2.82 bits per heavy atom. The second-order valence-corrected chi connectivity index (χ2v) is 4.52. The van der Waals surface area contributed by atoms with Gasteiger partial charge in [0.15, 0.2) is 11.5 Å². The van der Waals surface area contributed by atoms with Gasteiger partial charge in [-0.25, -0.2) is 9.18 Å². The fraction of sp³-hybridized carbons (Fsp3) is 0.0625. The average Bonchev–Trinajstić information content (AvgIpc) is 2.97. The van der Waals surface area contributed by atoms with E-state index in [1.165, 1.54) is 18.3 Å². The highest BCUT2D eigenvalue weighted by Crippen LogP contribution is 2.34. The number of hydrogen-bond acceptors (Lipinski definition) is 3. The van der Waals surface area contributed by atoms with Crippen LogP contribution in [0.3, 0.4) is 0 Å². The number of anilines is 1. The summed E-state index contributed by atoms with van der Waals surface area (Å²) >= 11 is 0. The molecule has 0 aromatic heterocycles. The van der Waals surface area contributed by atoms with Crippen molar-refractivity contribution in [2.24, 2.45) is 0 Å². The van der Waals surface area contributed by atoms with Gasteiger partial charge in [0.05, 0.1) is 0 Å². The highest BCUT2D eigenvalue weighted by Gasteiger charge is 2.13. The normalized spacial score (nSPS) is 12.4. The van der Waals surface area contributed by atoms with E-state index in [0.29, 0.717) is 22.7 Å². The van der Waals surface area contributed by atoms with Crippen molar-refractivity contribution in [2.45, 2.75) is 0 Å². The van der Waals surface area contributed by atoms with Crippen molar-refractivity contribution in [1.82, 2.24) is 5.32 Å². The summed E-state index contributed by atoms with van der Waals surface area (Å²) in [5.74, 6) is 0.877. The number of benzene rings is 2. The maximum absolute atomic E-state index is 13.4. The quantitative estimate of drug-likeness (QED) is 0.914. The van der Waals surface area contributed by atoms with Gasteiger partial charge >= 0.3 is 6.03 Å². The van der Waals surface area contributed by atoms with Crippen LogP contribution in [0.2, 0.25) is 0 Å². The van der Waals surface area contributed by atoms with Gasteiger partial charge in [0.2, 0.25) is 6.79 Å². The molecular formula is C16H13FN2O3. The van der Waals surface area contributed by atoms with Crippen LogP contribution in [0.15, 0.2) is 48.7 Å². The molecule has 5 nitrogen and oxygen atoms in total. The molecule has 0 saturated carbocycles. The summed E-state index contributed by atoms with van der Waals surface area (Å²) in [5, 5.41) is 5.15. The van der Waals surface area contributed by atoms with E-state index in [4.69, 9.17) is 9.47 Å². The molecule has 2 aromatic carbocycles. The van der Waals surface area contributed by atoms with Crippen LogP contribution in [0.5, 0.6) is 11.5 Å². The minimum Gasteiger partial charge on any atom is -0.454 e. The minimum absolute atomic E-state index is 0.177. The van der Waals surface area contributed by atoms with Crippen LogP contribution in [-0.4, -0.2) is 12.8 Å². The van der Waals surface area contributed by atoms with Gasteiger partial charge in [-0.15, -0.1) is 0 Å². The Morgan fingerprint density at radius 1 is 1.14 bits per heavy atom. The maximum Gasteiger partial charge on any atom is 0.323 e. The van der Waals surface area contributed by atoms with E-state index in [-0.39, 0.29) is 12.6 Å². The van der Waals surface area contributed by atoms with Gasteiger partial charge < -0.3 is 20.1 Å². The van der Waals surface area contributed by atoms with Gasteiger partial charge in [-0.05, 0) is 24.3 Å². The van der Waals surface area contributed by atoms with E-state index in [1.807, 2.05) is 0 Å². The third-order valence-corrected chi connectivity index (χ3v) is 3.01. The molecule has 0 aliphatic carbocycles. The number of rotatable bonds is 3. The monoisotopic (exact) mass is 300 g/mol. The second-order valence-electron chi connectivity index (χ2n) is 4.52. The van der Waals surface area contributed by atoms with Crippen LogP contribution < -0.4 is 20.1 Å². The lowest BCUT2D eigenvalue weighted by atomic mass is 10.2. The minimum atomic E-state index is -0.438. The fourth-order valence-electron chi connectivity index (χ4n) is 1.96. The number of urea groups is 1. The number of hydrogen-bond donors (Lipinski definition) is 2. The molecule has 2 N–H and O–H groups in total. The molecule has 0 bridgehead atoms. The van der Waals surface area contributed by atoms with E-state index < -0.39 is 6.03 Å². The number of amides is 2. The molecular weight excluding hydrogens is 287 g/mol. The molecule has 2 amide bonds. The van der Waals surface area contributed by atoms with E-state index >= 15 is 0 Å². The van der Waals surface area contributed by atoms with E-state index in [0.717, 1.165) is 0 Å². The molecule has 1 aliphatic rings. The number of carbonyl (C=O) groups is 1. The zero-order valence-corrected chi connectivity index (χ0v) is 11.5. The SMILES string of the molecule is O=C(N/C=C/c1ccccc1F)Nc1ccc2c(c1)OCO2. The molecule has 0 spiro atoms. The molecule has 3 rings (SSSR count). The largest absolute Gasteiger partial charge is 0.454 e. The standard InChI is InChI=1S/C16H13FN2O3/c17-13-4-2-1-3-11(13)7-8-18-16(20)19-12-5-6-14-15(9-12)22-10-21-14/h1-9H,10H2,(H2,18,19,20)/b8-7+. The van der Waals surface area contributed by atoms with Crippen LogP contribution in [0.4, 0.5) is 14.9 Å². The predicted molar refractivity (Wildman–Crippen MR) is 80.2 cm³/mol. The number of halogens is 1. The van der Waals surface area contributed by atoms with E-state index in [2.05, 4.69) is 10.6 Å². The Bertz CT molecular complexity index is 731. The Morgan fingerprint density at radius 2 is 1.95 bits per heavy atom. The predicted octanol–water partition coefficient (Wildman–Crippen LogP) is 3.35. The number of nitrogens with one attached hydrogen (secondary N) is 2. The van der Waals surface area contributed by atoms with Gasteiger partial charge in [-0.1, -0.05) is 18.2 Å². The third kappa shape index (κ3) is 3.17. The molecule has 6 heteroatoms. The van der Waals surface area contributed by atoms with Crippen molar-refractivity contribution in [3.63, 3.8) is 0 Å². The zero-order chi connectivity index (χ0) is 15.4. The molecule has 112 valence electrons. The van der Waals surface area contributed by atoms with Crippen LogP contribution >= 0.6 is 0 Å². The zero-order valence-electron chi connectivity index (χ0n) is 11.5. The topological polar surface area (TPSA) is 59.6 Å². The molecule has 0 unspecified atom stereocenters. The first kappa shape index (κ1) is 13.9. The molecule has 2 aromatic rings. The Labute approximate surface area is 126 Å². The number of fused-ring (bicyclic) bond motifs is 1. The van der Waals surface area contributed by atoms with Crippen molar-refractivity contribution in [1.29, 1.82) is 0 Å². The van der Waals surface area contributed by atoms with Gasteiger partial charge in [0.25, 0.3) is 0 Å². The highest BCUT2D eigenvalue weighted by molar-refractivity contribution is 5.90. The molecule has 1 heterocycles. The first-order chi connectivity index (χ1) is 10.7. The second kappa shape index (κ2) is 6.17. The van der Waals surface area contributed by atoms with Crippen molar-refractivity contribution >= 4 is 17.8 Å². The molecule has 1 aliphatic heterocycles. The molecule has 22 heavy (non-hydrogen) atoms. The molecule has 0 radical (unpaired) electrons. The lowest BCUT2D eigenvalue weighted by molar-refractivity contribution is 0.174. The van der Waals surface area contributed by atoms with Crippen molar-refractivity contribution in [3.8, 4) is 11.5 Å². The third-order valence-electron chi connectivity index (χ3n) is 3.01.